The highest BCUT2D eigenvalue weighted by molar-refractivity contribution is 6.05. The van der Waals surface area contributed by atoms with Gasteiger partial charge in [0, 0.05) is 25.8 Å². The average Bonchev–Trinajstić information content (AvgIpc) is 2.55. The van der Waals surface area contributed by atoms with Crippen LogP contribution in [-0.2, 0) is 7.05 Å². The highest BCUT2D eigenvalue weighted by Crippen LogP contribution is 2.22. The van der Waals surface area contributed by atoms with Crippen LogP contribution in [0.3, 0.4) is 0 Å². The topological polar surface area (TPSA) is 55.2 Å². The molecule has 0 saturated heterocycles. The lowest BCUT2D eigenvalue weighted by molar-refractivity contribution is 0.0986. The molecule has 0 N–H and O–H groups in total. The molecular weight excluding hydrogens is 278 g/mol. The predicted molar refractivity (Wildman–Crippen MR) is 86.2 cm³/mol. The van der Waals surface area contributed by atoms with Gasteiger partial charge in [0.05, 0.1) is 0 Å². The monoisotopic (exact) mass is 293 g/mol. The molecule has 0 unspecified atom stereocenters. The molecule has 0 bridgehead atoms. The Labute approximate surface area is 127 Å². The highest BCUT2D eigenvalue weighted by atomic mass is 16.2. The molecule has 0 spiro atoms. The average molecular weight is 293 g/mol. The summed E-state index contributed by atoms with van der Waals surface area (Å²) in [4.78, 5) is 25.4. The maximum absolute atomic E-state index is 12.5. The standard InChI is InChI=1S/C17H15N3O2/c1-19(17(22)15-9-10-16(21)20(2)18-15)14-8-7-12-5-3-4-6-13(12)11-14/h3-11H,1-2H3. The van der Waals surface area contributed by atoms with Gasteiger partial charge in [-0.3, -0.25) is 9.59 Å². The van der Waals surface area contributed by atoms with E-state index in [1.807, 2.05) is 42.5 Å². The zero-order valence-corrected chi connectivity index (χ0v) is 12.4. The van der Waals surface area contributed by atoms with E-state index in [4.69, 9.17) is 0 Å². The fourth-order valence-electron chi connectivity index (χ4n) is 2.29. The van der Waals surface area contributed by atoms with E-state index in [0.717, 1.165) is 21.1 Å². The van der Waals surface area contributed by atoms with Crippen molar-refractivity contribution in [2.24, 2.45) is 7.05 Å². The Balaban J connectivity index is 1.97. The van der Waals surface area contributed by atoms with Gasteiger partial charge in [-0.25, -0.2) is 4.68 Å². The van der Waals surface area contributed by atoms with Gasteiger partial charge >= 0.3 is 0 Å². The zero-order chi connectivity index (χ0) is 15.7. The summed E-state index contributed by atoms with van der Waals surface area (Å²) in [5.41, 5.74) is 0.766. The van der Waals surface area contributed by atoms with Crippen LogP contribution in [0, 0.1) is 0 Å². The van der Waals surface area contributed by atoms with Gasteiger partial charge < -0.3 is 4.90 Å². The Bertz CT molecular complexity index is 915. The Hall–Kier alpha value is -2.95. The highest BCUT2D eigenvalue weighted by Gasteiger charge is 2.16. The molecule has 0 saturated carbocycles. The number of hydrogen-bond donors (Lipinski definition) is 0. The maximum atomic E-state index is 12.5. The largest absolute Gasteiger partial charge is 0.310 e. The summed E-state index contributed by atoms with van der Waals surface area (Å²) in [6, 6.07) is 16.6. The van der Waals surface area contributed by atoms with Crippen LogP contribution >= 0.6 is 0 Å². The summed E-state index contributed by atoms with van der Waals surface area (Å²) < 4.78 is 1.15. The number of aryl methyl sites for hydroxylation is 1. The molecule has 0 aliphatic heterocycles. The summed E-state index contributed by atoms with van der Waals surface area (Å²) in [6.45, 7) is 0. The summed E-state index contributed by atoms with van der Waals surface area (Å²) in [6.07, 6.45) is 0. The molecule has 5 heteroatoms. The number of anilines is 1. The molecule has 1 heterocycles. The van der Waals surface area contributed by atoms with Gasteiger partial charge in [-0.15, -0.1) is 0 Å². The Morgan fingerprint density at radius 1 is 1.05 bits per heavy atom. The van der Waals surface area contributed by atoms with Crippen molar-refractivity contribution in [1.29, 1.82) is 0 Å². The zero-order valence-electron chi connectivity index (χ0n) is 12.4. The lowest BCUT2D eigenvalue weighted by atomic mass is 10.1. The maximum Gasteiger partial charge on any atom is 0.278 e. The van der Waals surface area contributed by atoms with Crippen molar-refractivity contribution in [3.05, 3.63) is 70.6 Å². The number of amides is 1. The van der Waals surface area contributed by atoms with Crippen LogP contribution in [-0.4, -0.2) is 22.7 Å². The smallest absolute Gasteiger partial charge is 0.278 e. The van der Waals surface area contributed by atoms with Crippen molar-refractivity contribution in [2.45, 2.75) is 0 Å². The third kappa shape index (κ3) is 2.48. The van der Waals surface area contributed by atoms with E-state index < -0.39 is 0 Å². The molecule has 1 amide bonds. The first-order valence-corrected chi connectivity index (χ1v) is 6.87. The number of rotatable bonds is 2. The quantitative estimate of drug-likeness (QED) is 0.728. The second kappa shape index (κ2) is 5.44. The third-order valence-electron chi connectivity index (χ3n) is 3.60. The van der Waals surface area contributed by atoms with Crippen molar-refractivity contribution in [2.75, 3.05) is 11.9 Å². The van der Waals surface area contributed by atoms with Crippen molar-refractivity contribution in [3.8, 4) is 0 Å². The fraction of sp³-hybridized carbons (Fsp3) is 0.118. The molecular formula is C17H15N3O2. The first kappa shape index (κ1) is 14.0. The summed E-state index contributed by atoms with van der Waals surface area (Å²) in [7, 11) is 3.22. The van der Waals surface area contributed by atoms with Gasteiger partial charge in [-0.1, -0.05) is 30.3 Å². The van der Waals surface area contributed by atoms with Crippen LogP contribution in [0.25, 0.3) is 10.8 Å². The summed E-state index contributed by atoms with van der Waals surface area (Å²) >= 11 is 0. The number of fused-ring (bicyclic) bond motifs is 1. The van der Waals surface area contributed by atoms with Crippen molar-refractivity contribution < 1.29 is 4.79 Å². The molecule has 2 aromatic carbocycles. The van der Waals surface area contributed by atoms with E-state index in [-0.39, 0.29) is 17.2 Å². The molecule has 0 atom stereocenters. The Morgan fingerprint density at radius 2 is 1.77 bits per heavy atom. The first-order chi connectivity index (χ1) is 10.6. The van der Waals surface area contributed by atoms with Crippen LogP contribution in [0.4, 0.5) is 5.69 Å². The lowest BCUT2D eigenvalue weighted by Gasteiger charge is -2.17. The molecule has 110 valence electrons. The number of hydrogen-bond acceptors (Lipinski definition) is 3. The second-order valence-electron chi connectivity index (χ2n) is 5.08. The van der Waals surface area contributed by atoms with Crippen LogP contribution in [0.2, 0.25) is 0 Å². The summed E-state index contributed by atoms with van der Waals surface area (Å²) in [5.74, 6) is -0.258. The normalized spacial score (nSPS) is 10.6. The van der Waals surface area contributed by atoms with Gasteiger partial charge in [0.1, 0.15) is 5.69 Å². The van der Waals surface area contributed by atoms with Crippen LogP contribution in [0.1, 0.15) is 10.5 Å². The van der Waals surface area contributed by atoms with Crippen LogP contribution in [0.15, 0.2) is 59.4 Å². The fourth-order valence-corrected chi connectivity index (χ4v) is 2.29. The SMILES string of the molecule is CN(C(=O)c1ccc(=O)n(C)n1)c1ccc2ccccc2c1. The molecule has 22 heavy (non-hydrogen) atoms. The van der Waals surface area contributed by atoms with Crippen molar-refractivity contribution in [3.63, 3.8) is 0 Å². The molecule has 5 nitrogen and oxygen atoms in total. The molecule has 0 fully saturated rings. The molecule has 0 aliphatic rings. The van der Waals surface area contributed by atoms with E-state index in [1.54, 1.807) is 7.05 Å². The van der Waals surface area contributed by atoms with Gasteiger partial charge in [0.25, 0.3) is 11.5 Å². The molecule has 0 radical (unpaired) electrons. The lowest BCUT2D eigenvalue weighted by Crippen LogP contribution is -2.30. The predicted octanol–water partition coefficient (Wildman–Crippen LogP) is 2.21. The summed E-state index contributed by atoms with van der Waals surface area (Å²) in [5, 5.41) is 6.18. The number of nitrogens with zero attached hydrogens (tertiary/aromatic N) is 3. The molecule has 1 aromatic heterocycles. The molecule has 3 rings (SSSR count). The number of carbonyl (C=O) groups is 1. The Kier molecular flexibility index (Phi) is 3.47. The van der Waals surface area contributed by atoms with E-state index >= 15 is 0 Å². The second-order valence-corrected chi connectivity index (χ2v) is 5.08. The van der Waals surface area contributed by atoms with Crippen molar-refractivity contribution >= 4 is 22.4 Å². The number of benzene rings is 2. The minimum Gasteiger partial charge on any atom is -0.310 e. The number of aromatic nitrogens is 2. The van der Waals surface area contributed by atoms with E-state index in [9.17, 15) is 9.59 Å². The van der Waals surface area contributed by atoms with Gasteiger partial charge in [0.15, 0.2) is 0 Å². The van der Waals surface area contributed by atoms with Gasteiger partial charge in [-0.2, -0.15) is 5.10 Å². The van der Waals surface area contributed by atoms with Crippen molar-refractivity contribution in [1.82, 2.24) is 9.78 Å². The van der Waals surface area contributed by atoms with Crippen LogP contribution < -0.4 is 10.5 Å². The minimum absolute atomic E-state index is 0.234. The first-order valence-electron chi connectivity index (χ1n) is 6.87. The third-order valence-corrected chi connectivity index (χ3v) is 3.60. The van der Waals surface area contributed by atoms with Gasteiger partial charge in [0.2, 0.25) is 0 Å². The molecule has 0 aliphatic carbocycles. The number of carbonyl (C=O) groups excluding carboxylic acids is 1. The van der Waals surface area contributed by atoms with E-state index in [2.05, 4.69) is 5.10 Å². The van der Waals surface area contributed by atoms with Crippen LogP contribution in [0.5, 0.6) is 0 Å². The minimum atomic E-state index is -0.258. The van der Waals surface area contributed by atoms with E-state index in [1.165, 1.54) is 24.1 Å². The van der Waals surface area contributed by atoms with E-state index in [0.29, 0.717) is 0 Å². The van der Waals surface area contributed by atoms with Gasteiger partial charge in [-0.05, 0) is 29.0 Å². The molecule has 3 aromatic rings. The Morgan fingerprint density at radius 3 is 2.50 bits per heavy atom.